The van der Waals surface area contributed by atoms with E-state index in [2.05, 4.69) is 38.2 Å². The maximum atomic E-state index is 12.4. The second kappa shape index (κ2) is 4.30. The van der Waals surface area contributed by atoms with E-state index in [1.54, 1.807) is 0 Å². The normalized spacial score (nSPS) is 28.1. The van der Waals surface area contributed by atoms with Gasteiger partial charge in [0.05, 0.1) is 16.0 Å². The van der Waals surface area contributed by atoms with Gasteiger partial charge >= 0.3 is 0 Å². The van der Waals surface area contributed by atoms with E-state index in [9.17, 15) is 4.21 Å². The maximum absolute atomic E-state index is 12.4. The fourth-order valence-corrected chi connectivity index (χ4v) is 4.63. The standard InChI is InChI=1S/C13H19NOS/c1-5-11-12(14-4)10-7-8(2)6-9(3)13(10)16(11)15/h6-7,11-12,14H,5H2,1-4H3. The van der Waals surface area contributed by atoms with Gasteiger partial charge in [0.1, 0.15) is 0 Å². The van der Waals surface area contributed by atoms with Crippen molar-refractivity contribution in [3.8, 4) is 0 Å². The number of benzene rings is 1. The third-order valence-corrected chi connectivity index (χ3v) is 5.46. The van der Waals surface area contributed by atoms with E-state index >= 15 is 0 Å². The smallest absolute Gasteiger partial charge is 0.0587 e. The van der Waals surface area contributed by atoms with Crippen LogP contribution in [0.3, 0.4) is 0 Å². The molecule has 0 saturated carbocycles. The summed E-state index contributed by atoms with van der Waals surface area (Å²) in [5.41, 5.74) is 3.67. The van der Waals surface area contributed by atoms with Gasteiger partial charge in [-0.25, -0.2) is 0 Å². The Bertz CT molecular complexity index is 442. The molecule has 1 aromatic carbocycles. The first-order valence-corrected chi connectivity index (χ1v) is 7.00. The highest BCUT2D eigenvalue weighted by molar-refractivity contribution is 7.86. The van der Waals surface area contributed by atoms with E-state index in [0.29, 0.717) is 0 Å². The van der Waals surface area contributed by atoms with Crippen LogP contribution in [-0.4, -0.2) is 16.5 Å². The summed E-state index contributed by atoms with van der Waals surface area (Å²) >= 11 is 0. The minimum Gasteiger partial charge on any atom is -0.312 e. The topological polar surface area (TPSA) is 29.1 Å². The fraction of sp³-hybridized carbons (Fsp3) is 0.538. The average molecular weight is 237 g/mol. The number of rotatable bonds is 2. The highest BCUT2D eigenvalue weighted by atomic mass is 32.2. The third-order valence-electron chi connectivity index (χ3n) is 3.34. The molecule has 1 heterocycles. The third kappa shape index (κ3) is 1.62. The number of hydrogen-bond acceptors (Lipinski definition) is 2. The summed E-state index contributed by atoms with van der Waals surface area (Å²) in [5.74, 6) is 0. The quantitative estimate of drug-likeness (QED) is 0.856. The Morgan fingerprint density at radius 3 is 2.62 bits per heavy atom. The lowest BCUT2D eigenvalue weighted by molar-refractivity contribution is 0.552. The first kappa shape index (κ1) is 11.8. The lowest BCUT2D eigenvalue weighted by Crippen LogP contribution is -2.26. The molecule has 16 heavy (non-hydrogen) atoms. The van der Waals surface area contributed by atoms with E-state index in [4.69, 9.17) is 0 Å². The molecule has 1 aliphatic rings. The van der Waals surface area contributed by atoms with Crippen LogP contribution in [0, 0.1) is 13.8 Å². The van der Waals surface area contributed by atoms with Crippen molar-refractivity contribution in [3.05, 3.63) is 28.8 Å². The van der Waals surface area contributed by atoms with E-state index in [1.165, 1.54) is 16.7 Å². The molecule has 0 radical (unpaired) electrons. The maximum Gasteiger partial charge on any atom is 0.0587 e. The summed E-state index contributed by atoms with van der Waals surface area (Å²) in [6, 6.07) is 4.55. The van der Waals surface area contributed by atoms with Crippen molar-refractivity contribution in [2.75, 3.05) is 7.05 Å². The molecule has 0 spiro atoms. The van der Waals surface area contributed by atoms with Gasteiger partial charge in [0.25, 0.3) is 0 Å². The molecule has 0 aliphatic carbocycles. The van der Waals surface area contributed by atoms with Crippen LogP contribution >= 0.6 is 0 Å². The molecular formula is C13H19NOS. The van der Waals surface area contributed by atoms with Crippen molar-refractivity contribution in [1.29, 1.82) is 0 Å². The Balaban J connectivity index is 2.61. The molecule has 0 saturated heterocycles. The van der Waals surface area contributed by atoms with Gasteiger partial charge in [-0.05, 0) is 38.4 Å². The van der Waals surface area contributed by atoms with Gasteiger partial charge in [0.15, 0.2) is 0 Å². The summed E-state index contributed by atoms with van der Waals surface area (Å²) < 4.78 is 12.4. The van der Waals surface area contributed by atoms with Crippen LogP contribution in [0.5, 0.6) is 0 Å². The summed E-state index contributed by atoms with van der Waals surface area (Å²) in [5, 5.41) is 3.54. The van der Waals surface area contributed by atoms with E-state index < -0.39 is 10.8 Å². The van der Waals surface area contributed by atoms with Gasteiger partial charge in [-0.3, -0.25) is 4.21 Å². The number of fused-ring (bicyclic) bond motifs is 1. The summed E-state index contributed by atoms with van der Waals surface area (Å²) in [7, 11) is 1.11. The fourth-order valence-electron chi connectivity index (χ4n) is 2.70. The summed E-state index contributed by atoms with van der Waals surface area (Å²) in [6.07, 6.45) is 0.950. The van der Waals surface area contributed by atoms with Crippen molar-refractivity contribution < 1.29 is 4.21 Å². The zero-order valence-electron chi connectivity index (χ0n) is 10.3. The van der Waals surface area contributed by atoms with Crippen LogP contribution in [0.4, 0.5) is 0 Å². The molecule has 0 aromatic heterocycles. The van der Waals surface area contributed by atoms with E-state index in [1.807, 2.05) is 7.05 Å². The minimum atomic E-state index is -0.848. The molecule has 3 atom stereocenters. The molecule has 88 valence electrons. The van der Waals surface area contributed by atoms with E-state index in [0.717, 1.165) is 11.3 Å². The second-order valence-electron chi connectivity index (χ2n) is 4.51. The zero-order valence-corrected chi connectivity index (χ0v) is 11.1. The van der Waals surface area contributed by atoms with Crippen LogP contribution in [0.25, 0.3) is 0 Å². The molecule has 3 heteroatoms. The predicted octanol–water partition coefficient (Wildman–Crippen LogP) is 2.46. The Hall–Kier alpha value is -0.670. The van der Waals surface area contributed by atoms with E-state index in [-0.39, 0.29) is 11.3 Å². The van der Waals surface area contributed by atoms with Crippen molar-refractivity contribution in [1.82, 2.24) is 5.32 Å². The molecule has 1 aromatic rings. The molecule has 3 unspecified atom stereocenters. The first-order valence-electron chi connectivity index (χ1n) is 5.79. The monoisotopic (exact) mass is 237 g/mol. The van der Waals surface area contributed by atoms with Gasteiger partial charge in [0.2, 0.25) is 0 Å². The van der Waals surface area contributed by atoms with Crippen LogP contribution in [0.15, 0.2) is 17.0 Å². The molecule has 2 rings (SSSR count). The van der Waals surface area contributed by atoms with Gasteiger partial charge in [-0.1, -0.05) is 24.6 Å². The Kier molecular flexibility index (Phi) is 3.17. The van der Waals surface area contributed by atoms with Gasteiger partial charge in [0, 0.05) is 10.9 Å². The zero-order chi connectivity index (χ0) is 11.9. The van der Waals surface area contributed by atoms with Gasteiger partial charge in [-0.15, -0.1) is 0 Å². The van der Waals surface area contributed by atoms with Crippen molar-refractivity contribution in [2.24, 2.45) is 0 Å². The molecule has 0 fully saturated rings. The van der Waals surface area contributed by atoms with Crippen LogP contribution in [0.1, 0.15) is 36.1 Å². The van der Waals surface area contributed by atoms with Crippen molar-refractivity contribution >= 4 is 10.8 Å². The molecular weight excluding hydrogens is 218 g/mol. The van der Waals surface area contributed by atoms with Crippen LogP contribution in [-0.2, 0) is 10.8 Å². The van der Waals surface area contributed by atoms with Crippen molar-refractivity contribution in [3.63, 3.8) is 0 Å². The Morgan fingerprint density at radius 2 is 2.06 bits per heavy atom. The molecule has 1 N–H and O–H groups in total. The van der Waals surface area contributed by atoms with Gasteiger partial charge in [-0.2, -0.15) is 0 Å². The number of aryl methyl sites for hydroxylation is 2. The minimum absolute atomic E-state index is 0.223. The SMILES string of the molecule is CCC1C(NC)c2cc(C)cc(C)c2S1=O. The second-order valence-corrected chi connectivity index (χ2v) is 6.12. The highest BCUT2D eigenvalue weighted by Crippen LogP contribution is 2.39. The number of hydrogen-bond donors (Lipinski definition) is 1. The summed E-state index contributed by atoms with van der Waals surface area (Å²) in [4.78, 5) is 1.07. The average Bonchev–Trinajstić information content (AvgIpc) is 2.50. The highest BCUT2D eigenvalue weighted by Gasteiger charge is 2.37. The predicted molar refractivity (Wildman–Crippen MR) is 68.2 cm³/mol. The van der Waals surface area contributed by atoms with Crippen LogP contribution < -0.4 is 5.32 Å². The molecule has 2 nitrogen and oxygen atoms in total. The van der Waals surface area contributed by atoms with Crippen molar-refractivity contribution in [2.45, 2.75) is 43.4 Å². The largest absolute Gasteiger partial charge is 0.312 e. The first-order chi connectivity index (χ1) is 7.60. The number of nitrogens with one attached hydrogen (secondary N) is 1. The van der Waals surface area contributed by atoms with Crippen LogP contribution in [0.2, 0.25) is 0 Å². The lowest BCUT2D eigenvalue weighted by Gasteiger charge is -2.16. The molecule has 1 aliphatic heterocycles. The molecule has 0 bridgehead atoms. The Labute approximate surface area is 99.9 Å². The lowest BCUT2D eigenvalue weighted by atomic mass is 9.98. The van der Waals surface area contributed by atoms with Gasteiger partial charge < -0.3 is 5.32 Å². The Morgan fingerprint density at radius 1 is 1.38 bits per heavy atom. The summed E-state index contributed by atoms with van der Waals surface area (Å²) in [6.45, 7) is 6.28. The molecule has 0 amide bonds.